The van der Waals surface area contributed by atoms with Gasteiger partial charge in [0.2, 0.25) is 5.91 Å². The number of amides is 1. The molecular formula is C18H19Cl2N3O6. The number of hydrogen-bond acceptors (Lipinski definition) is 7. The first-order valence-corrected chi connectivity index (χ1v) is 9.11. The van der Waals surface area contributed by atoms with Crippen LogP contribution in [0.1, 0.15) is 5.82 Å². The Morgan fingerprint density at radius 2 is 1.69 bits per heavy atom. The van der Waals surface area contributed by atoms with Crippen molar-refractivity contribution in [3.63, 3.8) is 0 Å². The molecule has 0 aliphatic heterocycles. The lowest BCUT2D eigenvalue weighted by Gasteiger charge is -2.25. The molecular weight excluding hydrogens is 425 g/mol. The summed E-state index contributed by atoms with van der Waals surface area (Å²) < 4.78 is 4.70. The Labute approximate surface area is 176 Å². The number of aliphatic carboxylic acids is 1. The second kappa shape index (κ2) is 10.5. The van der Waals surface area contributed by atoms with Gasteiger partial charge in [0, 0.05) is 41.5 Å². The van der Waals surface area contributed by atoms with Crippen LogP contribution in [0.15, 0.2) is 30.6 Å². The summed E-state index contributed by atoms with van der Waals surface area (Å²) in [6, 6.07) is 3.80. The molecule has 0 radical (unpaired) electrons. The number of carbonyl (C=O) groups excluding carboxylic acids is 1. The molecule has 9 nitrogen and oxygen atoms in total. The number of nitrogens with zero attached hydrogens (tertiary/aromatic N) is 2. The summed E-state index contributed by atoms with van der Waals surface area (Å²) in [5.41, 5.74) is 1.32. The van der Waals surface area contributed by atoms with Crippen molar-refractivity contribution in [3.05, 3.63) is 46.5 Å². The molecule has 0 aliphatic carbocycles. The molecule has 0 aliphatic rings. The van der Waals surface area contributed by atoms with Crippen molar-refractivity contribution in [2.75, 3.05) is 13.7 Å². The van der Waals surface area contributed by atoms with Gasteiger partial charge in [0.1, 0.15) is 18.5 Å². The van der Waals surface area contributed by atoms with Crippen molar-refractivity contribution in [2.45, 2.75) is 24.7 Å². The number of rotatable bonds is 9. The Kier molecular flexibility index (Phi) is 8.30. The van der Waals surface area contributed by atoms with E-state index in [1.165, 1.54) is 19.5 Å². The Balaban J connectivity index is 2.20. The molecule has 0 saturated carbocycles. The van der Waals surface area contributed by atoms with E-state index in [2.05, 4.69) is 15.3 Å². The first-order chi connectivity index (χ1) is 13.7. The zero-order chi connectivity index (χ0) is 21.6. The molecule has 11 heteroatoms. The van der Waals surface area contributed by atoms with Gasteiger partial charge in [-0.05, 0) is 23.8 Å². The molecule has 2 aromatic rings. The third kappa shape index (κ3) is 6.62. The SMILES string of the molecule is COCC(=O)N[C@@H](Cc1ncc(-c2cc(Cl)cc(Cl)c2)cn1)[C@H](O)[C@@H](O)C(=O)O. The first kappa shape index (κ1) is 23.0. The van der Waals surface area contributed by atoms with Gasteiger partial charge in [0.25, 0.3) is 0 Å². The number of nitrogens with one attached hydrogen (secondary N) is 1. The maximum Gasteiger partial charge on any atom is 0.335 e. The summed E-state index contributed by atoms with van der Waals surface area (Å²) in [6.45, 7) is -0.304. The van der Waals surface area contributed by atoms with Crippen molar-refractivity contribution in [3.8, 4) is 11.1 Å². The Hall–Kier alpha value is -2.30. The van der Waals surface area contributed by atoms with E-state index in [4.69, 9.17) is 33.0 Å². The Bertz CT molecular complexity index is 845. The minimum atomic E-state index is -2.10. The molecule has 1 heterocycles. The third-order valence-corrected chi connectivity index (χ3v) is 4.35. The van der Waals surface area contributed by atoms with Gasteiger partial charge in [-0.25, -0.2) is 14.8 Å². The molecule has 0 fully saturated rings. The van der Waals surface area contributed by atoms with Crippen LogP contribution in [0.2, 0.25) is 10.0 Å². The molecule has 4 N–H and O–H groups in total. The molecule has 2 rings (SSSR count). The largest absolute Gasteiger partial charge is 0.479 e. The van der Waals surface area contributed by atoms with E-state index in [1.807, 2.05) is 0 Å². The molecule has 3 atom stereocenters. The van der Waals surface area contributed by atoms with Gasteiger partial charge in [-0.2, -0.15) is 0 Å². The summed E-state index contributed by atoms with van der Waals surface area (Å²) in [5, 5.41) is 32.0. The standard InChI is InChI=1S/C18H19Cl2N3O6/c1-29-8-15(24)23-13(16(25)17(26)18(27)28)5-14-21-6-10(7-22-14)9-2-11(19)4-12(20)3-9/h2-4,6-7,13,16-17,25-26H,5,8H2,1H3,(H,23,24)(H,27,28)/t13-,16-,17+/m0/s1. The average molecular weight is 444 g/mol. The molecule has 29 heavy (non-hydrogen) atoms. The second-order valence-corrected chi connectivity index (χ2v) is 7.00. The zero-order valence-electron chi connectivity index (χ0n) is 15.2. The van der Waals surface area contributed by atoms with Crippen LogP contribution in [0.3, 0.4) is 0 Å². The van der Waals surface area contributed by atoms with Crippen LogP contribution in [-0.4, -0.2) is 69.1 Å². The van der Waals surface area contributed by atoms with Crippen LogP contribution >= 0.6 is 23.2 Å². The fourth-order valence-corrected chi connectivity index (χ4v) is 3.06. The monoisotopic (exact) mass is 443 g/mol. The molecule has 0 unspecified atom stereocenters. The second-order valence-electron chi connectivity index (χ2n) is 6.13. The van der Waals surface area contributed by atoms with E-state index in [9.17, 15) is 19.8 Å². The van der Waals surface area contributed by atoms with Crippen LogP contribution in [0.5, 0.6) is 0 Å². The number of halogens is 2. The van der Waals surface area contributed by atoms with Gasteiger partial charge in [-0.1, -0.05) is 23.2 Å². The van der Waals surface area contributed by atoms with Gasteiger partial charge < -0.3 is 25.4 Å². The predicted octanol–water partition coefficient (Wildman–Crippen LogP) is 0.930. The van der Waals surface area contributed by atoms with Crippen LogP contribution in [0, 0.1) is 0 Å². The smallest absolute Gasteiger partial charge is 0.335 e. The lowest BCUT2D eigenvalue weighted by Crippen LogP contribution is -2.52. The molecule has 1 aromatic carbocycles. The highest BCUT2D eigenvalue weighted by molar-refractivity contribution is 6.35. The molecule has 1 amide bonds. The lowest BCUT2D eigenvalue weighted by molar-refractivity contribution is -0.154. The van der Waals surface area contributed by atoms with E-state index in [1.54, 1.807) is 18.2 Å². The number of hydrogen-bond donors (Lipinski definition) is 4. The van der Waals surface area contributed by atoms with Crippen LogP contribution in [0.25, 0.3) is 11.1 Å². The van der Waals surface area contributed by atoms with Crippen molar-refractivity contribution < 1.29 is 29.6 Å². The van der Waals surface area contributed by atoms with Crippen molar-refractivity contribution in [2.24, 2.45) is 0 Å². The summed E-state index contributed by atoms with van der Waals surface area (Å²) in [5.74, 6) is -2.02. The quantitative estimate of drug-likeness (QED) is 0.448. The molecule has 0 spiro atoms. The minimum absolute atomic E-state index is 0.127. The topological polar surface area (TPSA) is 142 Å². The maximum absolute atomic E-state index is 11.8. The number of aromatic nitrogens is 2. The van der Waals surface area contributed by atoms with E-state index >= 15 is 0 Å². The summed E-state index contributed by atoms with van der Waals surface area (Å²) >= 11 is 12.0. The van der Waals surface area contributed by atoms with Crippen molar-refractivity contribution in [1.29, 1.82) is 0 Å². The van der Waals surface area contributed by atoms with Gasteiger partial charge in [0.15, 0.2) is 6.10 Å². The average Bonchev–Trinajstić information content (AvgIpc) is 2.66. The van der Waals surface area contributed by atoms with E-state index in [-0.39, 0.29) is 18.9 Å². The number of carbonyl (C=O) groups is 2. The van der Waals surface area contributed by atoms with Crippen LogP contribution in [0.4, 0.5) is 0 Å². The highest BCUT2D eigenvalue weighted by Gasteiger charge is 2.33. The number of ether oxygens (including phenoxy) is 1. The number of benzene rings is 1. The van der Waals surface area contributed by atoms with Gasteiger partial charge in [0.05, 0.1) is 6.04 Å². The fourth-order valence-electron chi connectivity index (χ4n) is 2.53. The molecule has 1 aromatic heterocycles. The fraction of sp³-hybridized carbons (Fsp3) is 0.333. The van der Waals surface area contributed by atoms with Gasteiger partial charge in [-0.3, -0.25) is 4.79 Å². The number of aliphatic hydroxyl groups is 2. The number of carboxylic acid groups (broad SMARTS) is 1. The summed E-state index contributed by atoms with van der Waals surface area (Å²) in [4.78, 5) is 31.1. The summed E-state index contributed by atoms with van der Waals surface area (Å²) in [6.07, 6.45) is -1.02. The predicted molar refractivity (Wildman–Crippen MR) is 105 cm³/mol. The Morgan fingerprint density at radius 3 is 2.21 bits per heavy atom. The lowest BCUT2D eigenvalue weighted by atomic mass is 10.0. The number of carboxylic acids is 1. The molecule has 156 valence electrons. The number of methoxy groups -OCH3 is 1. The van der Waals surface area contributed by atoms with E-state index in [0.29, 0.717) is 21.2 Å². The third-order valence-electron chi connectivity index (χ3n) is 3.91. The number of aliphatic hydroxyl groups excluding tert-OH is 2. The highest BCUT2D eigenvalue weighted by atomic mass is 35.5. The first-order valence-electron chi connectivity index (χ1n) is 8.36. The summed E-state index contributed by atoms with van der Waals surface area (Å²) in [7, 11) is 1.31. The Morgan fingerprint density at radius 1 is 1.10 bits per heavy atom. The molecule has 0 saturated heterocycles. The molecule has 0 bridgehead atoms. The van der Waals surface area contributed by atoms with Gasteiger partial charge in [-0.15, -0.1) is 0 Å². The van der Waals surface area contributed by atoms with Crippen LogP contribution in [-0.2, 0) is 20.7 Å². The van der Waals surface area contributed by atoms with Crippen molar-refractivity contribution >= 4 is 35.1 Å². The van der Waals surface area contributed by atoms with E-state index < -0.39 is 30.1 Å². The minimum Gasteiger partial charge on any atom is -0.479 e. The normalized spacial score (nSPS) is 14.1. The van der Waals surface area contributed by atoms with Crippen LogP contribution < -0.4 is 5.32 Å². The van der Waals surface area contributed by atoms with Gasteiger partial charge >= 0.3 is 5.97 Å². The zero-order valence-corrected chi connectivity index (χ0v) is 16.8. The maximum atomic E-state index is 11.8. The highest BCUT2D eigenvalue weighted by Crippen LogP contribution is 2.26. The van der Waals surface area contributed by atoms with E-state index in [0.717, 1.165) is 0 Å². The van der Waals surface area contributed by atoms with Crippen molar-refractivity contribution in [1.82, 2.24) is 15.3 Å².